The average molecular weight is 365 g/mol. The third-order valence-electron chi connectivity index (χ3n) is 5.34. The van der Waals surface area contributed by atoms with Crippen LogP contribution in [-0.2, 0) is 9.84 Å². The second-order valence-corrected chi connectivity index (χ2v) is 9.88. The quantitative estimate of drug-likeness (QED) is 0.787. The van der Waals surface area contributed by atoms with E-state index in [1.807, 2.05) is 12.2 Å². The SMILES string of the molecule is CN(C)CC1CCC(C2=NC3=CC=CNC3=CC2(N)S(C)(=O)=O)CC1. The van der Waals surface area contributed by atoms with Crippen LogP contribution in [0, 0.1) is 11.8 Å². The van der Waals surface area contributed by atoms with Gasteiger partial charge in [0, 0.05) is 24.9 Å². The van der Waals surface area contributed by atoms with Crippen molar-refractivity contribution in [3.63, 3.8) is 0 Å². The Labute approximate surface area is 150 Å². The summed E-state index contributed by atoms with van der Waals surface area (Å²) in [5.41, 5.74) is 8.47. The van der Waals surface area contributed by atoms with Crippen LogP contribution in [0.25, 0.3) is 0 Å². The van der Waals surface area contributed by atoms with Crippen molar-refractivity contribution >= 4 is 15.5 Å². The van der Waals surface area contributed by atoms with E-state index < -0.39 is 14.7 Å². The number of nitrogens with two attached hydrogens (primary N) is 1. The molecule has 1 saturated carbocycles. The highest BCUT2D eigenvalue weighted by Gasteiger charge is 2.46. The smallest absolute Gasteiger partial charge is 0.178 e. The molecule has 2 aliphatic heterocycles. The second kappa shape index (κ2) is 6.70. The lowest BCUT2D eigenvalue weighted by atomic mass is 9.77. The zero-order valence-electron chi connectivity index (χ0n) is 15.2. The van der Waals surface area contributed by atoms with Gasteiger partial charge in [-0.3, -0.25) is 4.99 Å². The maximum atomic E-state index is 12.5. The Kier molecular flexibility index (Phi) is 4.92. The molecule has 0 bridgehead atoms. The van der Waals surface area contributed by atoms with Gasteiger partial charge in [-0.2, -0.15) is 0 Å². The summed E-state index contributed by atoms with van der Waals surface area (Å²) in [5, 5.41) is 3.06. The number of aliphatic imine (C=N–C) groups is 1. The van der Waals surface area contributed by atoms with E-state index in [4.69, 9.17) is 10.7 Å². The molecule has 0 aromatic heterocycles. The number of hydrogen-bond acceptors (Lipinski definition) is 6. The van der Waals surface area contributed by atoms with E-state index in [1.54, 1.807) is 12.3 Å². The molecule has 6 nitrogen and oxygen atoms in total. The van der Waals surface area contributed by atoms with Crippen LogP contribution >= 0.6 is 0 Å². The predicted octanol–water partition coefficient (Wildman–Crippen LogP) is 1.39. The van der Waals surface area contributed by atoms with Gasteiger partial charge in [-0.15, -0.1) is 0 Å². The Morgan fingerprint density at radius 2 is 2.00 bits per heavy atom. The van der Waals surface area contributed by atoms with Crippen molar-refractivity contribution in [2.75, 3.05) is 26.9 Å². The van der Waals surface area contributed by atoms with Crippen molar-refractivity contribution in [1.82, 2.24) is 10.2 Å². The van der Waals surface area contributed by atoms with Crippen LogP contribution in [0.1, 0.15) is 25.7 Å². The van der Waals surface area contributed by atoms with Gasteiger partial charge in [0.05, 0.1) is 17.1 Å². The Morgan fingerprint density at radius 1 is 1.32 bits per heavy atom. The first-order valence-corrected chi connectivity index (χ1v) is 10.7. The van der Waals surface area contributed by atoms with E-state index in [0.29, 0.717) is 17.3 Å². The molecule has 0 aromatic carbocycles. The van der Waals surface area contributed by atoms with Crippen molar-refractivity contribution in [2.24, 2.45) is 22.6 Å². The van der Waals surface area contributed by atoms with Gasteiger partial charge in [-0.05, 0) is 63.9 Å². The normalized spacial score (nSPS) is 32.4. The standard InChI is InChI=1S/C18H28N4O2S/c1-22(2)12-13-6-8-14(9-7-13)17-18(19,25(3,23)24)11-16-15(21-17)5-4-10-20-16/h4-5,10-11,13-14,20H,6-9,12,19H2,1-3H3. The minimum absolute atomic E-state index is 0.114. The number of hydrogen-bond donors (Lipinski definition) is 2. The van der Waals surface area contributed by atoms with Crippen LogP contribution in [0.4, 0.5) is 0 Å². The van der Waals surface area contributed by atoms with Gasteiger partial charge >= 0.3 is 0 Å². The van der Waals surface area contributed by atoms with Crippen LogP contribution in [-0.4, -0.2) is 50.8 Å². The summed E-state index contributed by atoms with van der Waals surface area (Å²) in [6.45, 7) is 1.07. The molecule has 2 heterocycles. The lowest BCUT2D eigenvalue weighted by Gasteiger charge is -2.38. The summed E-state index contributed by atoms with van der Waals surface area (Å²) in [5.74, 6) is 0.771. The van der Waals surface area contributed by atoms with Gasteiger partial charge in [-0.1, -0.05) is 0 Å². The molecular formula is C18H28N4O2S. The Morgan fingerprint density at radius 3 is 2.60 bits per heavy atom. The zero-order valence-corrected chi connectivity index (χ0v) is 16.0. The summed E-state index contributed by atoms with van der Waals surface area (Å²) in [6, 6.07) is 0. The van der Waals surface area contributed by atoms with Gasteiger partial charge in [0.15, 0.2) is 14.7 Å². The maximum Gasteiger partial charge on any atom is 0.178 e. The fourth-order valence-corrected chi connectivity index (χ4v) is 4.93. The molecule has 0 amide bonds. The lowest BCUT2D eigenvalue weighted by Crippen LogP contribution is -2.57. The van der Waals surface area contributed by atoms with Crippen molar-refractivity contribution in [2.45, 2.75) is 30.6 Å². The monoisotopic (exact) mass is 364 g/mol. The highest BCUT2D eigenvalue weighted by atomic mass is 32.2. The largest absolute Gasteiger partial charge is 0.360 e. The molecule has 0 spiro atoms. The van der Waals surface area contributed by atoms with E-state index in [0.717, 1.165) is 37.9 Å². The maximum absolute atomic E-state index is 12.5. The molecular weight excluding hydrogens is 336 g/mol. The molecule has 1 aliphatic carbocycles. The fraction of sp³-hybridized carbons (Fsp3) is 0.611. The second-order valence-electron chi connectivity index (χ2n) is 7.66. The predicted molar refractivity (Wildman–Crippen MR) is 102 cm³/mol. The summed E-state index contributed by atoms with van der Waals surface area (Å²) in [6.07, 6.45) is 12.4. The van der Waals surface area contributed by atoms with E-state index in [1.165, 1.54) is 6.26 Å². The van der Waals surface area contributed by atoms with Gasteiger partial charge in [0.1, 0.15) is 0 Å². The van der Waals surface area contributed by atoms with Crippen molar-refractivity contribution in [1.29, 1.82) is 0 Å². The van der Waals surface area contributed by atoms with Crippen molar-refractivity contribution in [3.05, 3.63) is 35.8 Å². The number of allylic oxidation sites excluding steroid dienone is 2. The minimum Gasteiger partial charge on any atom is -0.360 e. The average Bonchev–Trinajstić information content (AvgIpc) is 2.53. The summed E-state index contributed by atoms with van der Waals surface area (Å²) in [4.78, 5) is 5.40. The van der Waals surface area contributed by atoms with E-state index in [2.05, 4.69) is 24.3 Å². The number of rotatable bonds is 4. The van der Waals surface area contributed by atoms with Crippen LogP contribution < -0.4 is 11.1 Å². The number of sulfone groups is 1. The molecule has 25 heavy (non-hydrogen) atoms. The fourth-order valence-electron chi connectivity index (χ4n) is 4.00. The highest BCUT2D eigenvalue weighted by molar-refractivity contribution is 7.93. The topological polar surface area (TPSA) is 87.8 Å². The zero-order chi connectivity index (χ0) is 18.2. The molecule has 1 unspecified atom stereocenters. The molecule has 1 fully saturated rings. The highest BCUT2D eigenvalue weighted by Crippen LogP contribution is 2.37. The van der Waals surface area contributed by atoms with Crippen molar-refractivity contribution < 1.29 is 8.42 Å². The molecule has 1 atom stereocenters. The Hall–Kier alpha value is -1.44. The molecule has 0 aromatic rings. The molecule has 3 rings (SSSR count). The first kappa shape index (κ1) is 18.4. The van der Waals surface area contributed by atoms with E-state index >= 15 is 0 Å². The molecule has 138 valence electrons. The summed E-state index contributed by atoms with van der Waals surface area (Å²) >= 11 is 0. The number of dihydropyridines is 2. The van der Waals surface area contributed by atoms with Crippen LogP contribution in [0.3, 0.4) is 0 Å². The lowest BCUT2D eigenvalue weighted by molar-refractivity contribution is 0.246. The minimum atomic E-state index is -3.54. The molecule has 0 saturated heterocycles. The Balaban J connectivity index is 1.89. The molecule has 3 N–H and O–H groups in total. The van der Waals surface area contributed by atoms with Gasteiger partial charge in [0.25, 0.3) is 0 Å². The first-order valence-electron chi connectivity index (χ1n) is 8.79. The first-order chi connectivity index (χ1) is 11.7. The summed E-state index contributed by atoms with van der Waals surface area (Å²) in [7, 11) is 0.647. The molecule has 7 heteroatoms. The third kappa shape index (κ3) is 3.59. The third-order valence-corrected chi connectivity index (χ3v) is 6.89. The number of nitrogens with one attached hydrogen (secondary N) is 1. The van der Waals surface area contributed by atoms with Gasteiger partial charge in [0.2, 0.25) is 0 Å². The van der Waals surface area contributed by atoms with Crippen LogP contribution in [0.2, 0.25) is 0 Å². The van der Waals surface area contributed by atoms with Gasteiger partial charge in [-0.25, -0.2) is 8.42 Å². The van der Waals surface area contributed by atoms with E-state index in [-0.39, 0.29) is 5.92 Å². The number of nitrogens with zero attached hydrogens (tertiary/aromatic N) is 2. The summed E-state index contributed by atoms with van der Waals surface area (Å²) < 4.78 is 25.0. The van der Waals surface area contributed by atoms with Crippen LogP contribution in [0.15, 0.2) is 40.8 Å². The van der Waals surface area contributed by atoms with Gasteiger partial charge < -0.3 is 16.0 Å². The van der Waals surface area contributed by atoms with Crippen LogP contribution in [0.5, 0.6) is 0 Å². The van der Waals surface area contributed by atoms with E-state index in [9.17, 15) is 8.42 Å². The molecule has 0 radical (unpaired) electrons. The Bertz CT molecular complexity index is 756. The number of fused-ring (bicyclic) bond motifs is 1. The molecule has 3 aliphatic rings. The van der Waals surface area contributed by atoms with Crippen molar-refractivity contribution in [3.8, 4) is 0 Å².